The molecule has 1 aromatic rings. The molecule has 0 aromatic heterocycles. The second kappa shape index (κ2) is 2.85. The van der Waals surface area contributed by atoms with Gasteiger partial charge in [-0.15, -0.1) is 0 Å². The van der Waals surface area contributed by atoms with Crippen LogP contribution in [0, 0.1) is 12.3 Å². The standard InChI is InChI=1S/C14H18/c1-11-4-5-12-9-14(6-2-3-7-14)10-13(12)8-11/h4-5,8H,2-3,6-7,9-10H2,1H3. The maximum absolute atomic E-state index is 2.41. The van der Waals surface area contributed by atoms with Crippen LogP contribution in [0.25, 0.3) is 0 Å². The summed E-state index contributed by atoms with van der Waals surface area (Å²) in [4.78, 5) is 0. The first kappa shape index (κ1) is 8.52. The molecule has 0 nitrogen and oxygen atoms in total. The predicted octanol–water partition coefficient (Wildman–Crippen LogP) is 3.65. The summed E-state index contributed by atoms with van der Waals surface area (Å²) >= 11 is 0. The van der Waals surface area contributed by atoms with Gasteiger partial charge < -0.3 is 0 Å². The molecule has 0 aliphatic heterocycles. The van der Waals surface area contributed by atoms with Gasteiger partial charge in [0.2, 0.25) is 0 Å². The van der Waals surface area contributed by atoms with Gasteiger partial charge in [0.15, 0.2) is 0 Å². The van der Waals surface area contributed by atoms with E-state index in [4.69, 9.17) is 0 Å². The first-order chi connectivity index (χ1) is 6.77. The van der Waals surface area contributed by atoms with Crippen LogP contribution in [0.2, 0.25) is 0 Å². The molecular formula is C14H18. The minimum Gasteiger partial charge on any atom is -0.0590 e. The molecule has 3 rings (SSSR count). The van der Waals surface area contributed by atoms with Crippen LogP contribution in [-0.2, 0) is 12.8 Å². The third-order valence-corrected chi connectivity index (χ3v) is 4.16. The van der Waals surface area contributed by atoms with Gasteiger partial charge in [-0.1, -0.05) is 36.6 Å². The van der Waals surface area contributed by atoms with Crippen molar-refractivity contribution in [3.63, 3.8) is 0 Å². The molecule has 1 aromatic carbocycles. The predicted molar refractivity (Wildman–Crippen MR) is 59.5 cm³/mol. The Hall–Kier alpha value is -0.780. The molecule has 0 atom stereocenters. The van der Waals surface area contributed by atoms with Gasteiger partial charge in [0.25, 0.3) is 0 Å². The van der Waals surface area contributed by atoms with Crippen LogP contribution in [0.3, 0.4) is 0 Å². The Kier molecular flexibility index (Phi) is 1.74. The Morgan fingerprint density at radius 3 is 2.50 bits per heavy atom. The third-order valence-electron chi connectivity index (χ3n) is 4.16. The van der Waals surface area contributed by atoms with Crippen LogP contribution < -0.4 is 0 Å². The van der Waals surface area contributed by atoms with Crippen molar-refractivity contribution in [2.45, 2.75) is 45.4 Å². The third kappa shape index (κ3) is 1.20. The number of benzene rings is 1. The van der Waals surface area contributed by atoms with E-state index in [1.54, 1.807) is 11.1 Å². The summed E-state index contributed by atoms with van der Waals surface area (Å²) < 4.78 is 0. The van der Waals surface area contributed by atoms with Gasteiger partial charge in [-0.25, -0.2) is 0 Å². The van der Waals surface area contributed by atoms with Gasteiger partial charge in [-0.05, 0) is 49.1 Å². The summed E-state index contributed by atoms with van der Waals surface area (Å²) in [5, 5.41) is 0. The Morgan fingerprint density at radius 2 is 1.71 bits per heavy atom. The van der Waals surface area contributed by atoms with Gasteiger partial charge in [0, 0.05) is 0 Å². The molecule has 2 aliphatic carbocycles. The molecule has 1 saturated carbocycles. The van der Waals surface area contributed by atoms with E-state index < -0.39 is 0 Å². The van der Waals surface area contributed by atoms with Crippen molar-refractivity contribution in [2.75, 3.05) is 0 Å². The lowest BCUT2D eigenvalue weighted by atomic mass is 9.83. The lowest BCUT2D eigenvalue weighted by Gasteiger charge is -2.21. The Labute approximate surface area is 86.3 Å². The molecule has 0 N–H and O–H groups in total. The fourth-order valence-corrected chi connectivity index (χ4v) is 3.44. The summed E-state index contributed by atoms with van der Waals surface area (Å²) in [5.74, 6) is 0. The molecule has 0 saturated heterocycles. The SMILES string of the molecule is Cc1ccc2c(c1)CC1(CCCC1)C2. The number of hydrogen-bond acceptors (Lipinski definition) is 0. The van der Waals surface area contributed by atoms with Crippen molar-refractivity contribution >= 4 is 0 Å². The van der Waals surface area contributed by atoms with Crippen LogP contribution >= 0.6 is 0 Å². The van der Waals surface area contributed by atoms with Gasteiger partial charge in [-0.3, -0.25) is 0 Å². The summed E-state index contributed by atoms with van der Waals surface area (Å²) in [6.07, 6.45) is 8.61. The average molecular weight is 186 g/mol. The van der Waals surface area contributed by atoms with Crippen LogP contribution in [0.15, 0.2) is 18.2 Å². The van der Waals surface area contributed by atoms with E-state index in [2.05, 4.69) is 25.1 Å². The largest absolute Gasteiger partial charge is 0.0590 e. The molecular weight excluding hydrogens is 168 g/mol. The number of fused-ring (bicyclic) bond motifs is 1. The van der Waals surface area contributed by atoms with Crippen LogP contribution in [0.1, 0.15) is 42.4 Å². The molecule has 1 spiro atoms. The van der Waals surface area contributed by atoms with Crippen molar-refractivity contribution in [3.8, 4) is 0 Å². The van der Waals surface area contributed by atoms with Crippen molar-refractivity contribution in [1.82, 2.24) is 0 Å². The summed E-state index contributed by atoms with van der Waals surface area (Å²) in [6.45, 7) is 2.21. The topological polar surface area (TPSA) is 0 Å². The fourth-order valence-electron chi connectivity index (χ4n) is 3.44. The maximum atomic E-state index is 2.41. The number of rotatable bonds is 0. The molecule has 0 bridgehead atoms. The van der Waals surface area contributed by atoms with Gasteiger partial charge in [0.05, 0.1) is 0 Å². The zero-order chi connectivity index (χ0) is 9.60. The van der Waals surface area contributed by atoms with E-state index in [9.17, 15) is 0 Å². The molecule has 0 radical (unpaired) electrons. The Bertz CT molecular complexity index is 356. The Balaban J connectivity index is 1.96. The van der Waals surface area contributed by atoms with Crippen LogP contribution in [0.5, 0.6) is 0 Å². The van der Waals surface area contributed by atoms with Gasteiger partial charge in [0.1, 0.15) is 0 Å². The monoisotopic (exact) mass is 186 g/mol. The second-order valence-corrected chi connectivity index (χ2v) is 5.33. The summed E-state index contributed by atoms with van der Waals surface area (Å²) in [7, 11) is 0. The van der Waals surface area contributed by atoms with E-state index >= 15 is 0 Å². The minimum absolute atomic E-state index is 0.691. The molecule has 1 fully saturated rings. The van der Waals surface area contributed by atoms with Crippen molar-refractivity contribution < 1.29 is 0 Å². The molecule has 0 amide bonds. The second-order valence-electron chi connectivity index (χ2n) is 5.33. The molecule has 2 aliphatic rings. The molecule has 0 heteroatoms. The lowest BCUT2D eigenvalue weighted by Crippen LogP contribution is -2.15. The van der Waals surface area contributed by atoms with E-state index in [0.29, 0.717) is 5.41 Å². The normalized spacial score (nSPS) is 22.9. The van der Waals surface area contributed by atoms with E-state index in [0.717, 1.165) is 0 Å². The highest BCUT2D eigenvalue weighted by atomic mass is 14.4. The van der Waals surface area contributed by atoms with Crippen LogP contribution in [0.4, 0.5) is 0 Å². The maximum Gasteiger partial charge on any atom is -0.0216 e. The lowest BCUT2D eigenvalue weighted by molar-refractivity contribution is 0.318. The summed E-state index contributed by atoms with van der Waals surface area (Å²) in [5.41, 5.74) is 5.40. The van der Waals surface area contributed by atoms with Crippen LogP contribution in [-0.4, -0.2) is 0 Å². The highest BCUT2D eigenvalue weighted by molar-refractivity contribution is 5.37. The molecule has 14 heavy (non-hydrogen) atoms. The van der Waals surface area contributed by atoms with Gasteiger partial charge >= 0.3 is 0 Å². The summed E-state index contributed by atoms with van der Waals surface area (Å²) in [6, 6.07) is 7.03. The van der Waals surface area contributed by atoms with Crippen molar-refractivity contribution in [3.05, 3.63) is 34.9 Å². The Morgan fingerprint density at radius 1 is 1.00 bits per heavy atom. The molecule has 0 heterocycles. The number of aryl methyl sites for hydroxylation is 1. The number of hydrogen-bond donors (Lipinski definition) is 0. The first-order valence-corrected chi connectivity index (χ1v) is 5.86. The highest BCUT2D eigenvalue weighted by Crippen LogP contribution is 2.48. The highest BCUT2D eigenvalue weighted by Gasteiger charge is 2.39. The average Bonchev–Trinajstić information content (AvgIpc) is 2.72. The zero-order valence-electron chi connectivity index (χ0n) is 8.97. The van der Waals surface area contributed by atoms with Gasteiger partial charge in [-0.2, -0.15) is 0 Å². The first-order valence-electron chi connectivity index (χ1n) is 5.86. The zero-order valence-corrected chi connectivity index (χ0v) is 8.97. The fraction of sp³-hybridized carbons (Fsp3) is 0.571. The quantitative estimate of drug-likeness (QED) is 0.580. The van der Waals surface area contributed by atoms with E-state index in [1.165, 1.54) is 44.1 Å². The minimum atomic E-state index is 0.691. The molecule has 74 valence electrons. The smallest absolute Gasteiger partial charge is 0.0216 e. The molecule has 0 unspecified atom stereocenters. The van der Waals surface area contributed by atoms with Crippen molar-refractivity contribution in [2.24, 2.45) is 5.41 Å². The van der Waals surface area contributed by atoms with Crippen molar-refractivity contribution in [1.29, 1.82) is 0 Å². The van der Waals surface area contributed by atoms with E-state index in [1.807, 2.05) is 0 Å². The van der Waals surface area contributed by atoms with E-state index in [-0.39, 0.29) is 0 Å².